The van der Waals surface area contributed by atoms with Crippen molar-refractivity contribution in [2.45, 2.75) is 0 Å². The number of nitrogens with zero attached hydrogens (tertiary/aromatic N) is 2. The van der Waals surface area contributed by atoms with Gasteiger partial charge in [0.2, 0.25) is 0 Å². The largest absolute Gasteiger partial charge is 0.388 e. The van der Waals surface area contributed by atoms with Crippen LogP contribution in [0.4, 0.5) is 5.69 Å². The normalized spacial score (nSPS) is 10.5. The van der Waals surface area contributed by atoms with Gasteiger partial charge in [-0.2, -0.15) is 5.26 Å². The lowest BCUT2D eigenvalue weighted by atomic mass is 10.3. The molecule has 0 radical (unpaired) electrons. The van der Waals surface area contributed by atoms with Crippen molar-refractivity contribution in [1.29, 1.82) is 5.26 Å². The maximum Gasteiger partial charge on any atom is 0.175 e. The number of thiocarbonyl (C=S) groups is 1. The van der Waals surface area contributed by atoms with E-state index in [-0.39, 0.29) is 10.7 Å². The molecule has 0 aromatic heterocycles. The molecule has 0 amide bonds. The van der Waals surface area contributed by atoms with Crippen molar-refractivity contribution < 1.29 is 0 Å². The van der Waals surface area contributed by atoms with Crippen molar-refractivity contribution in [3.8, 4) is 6.07 Å². The number of nitriles is 1. The van der Waals surface area contributed by atoms with Gasteiger partial charge in [-0.3, -0.25) is 0 Å². The number of hydrogen-bond donors (Lipinski definition) is 1. The van der Waals surface area contributed by atoms with Crippen molar-refractivity contribution >= 4 is 28.6 Å². The van der Waals surface area contributed by atoms with Crippen LogP contribution in [-0.2, 0) is 0 Å². The first-order valence-electron chi connectivity index (χ1n) is 3.57. The Labute approximate surface area is 81.5 Å². The predicted octanol–water partition coefficient (Wildman–Crippen LogP) is 1.57. The lowest BCUT2D eigenvalue weighted by Gasteiger charge is -1.94. The third kappa shape index (κ3) is 2.65. The minimum absolute atomic E-state index is 0.0198. The second-order valence-electron chi connectivity index (χ2n) is 2.27. The highest BCUT2D eigenvalue weighted by molar-refractivity contribution is 7.82. The molecule has 0 atom stereocenters. The minimum atomic E-state index is 0.0198. The summed E-state index contributed by atoms with van der Waals surface area (Å²) in [4.78, 5) is 3.99. The first-order valence-corrected chi connectivity index (χ1v) is 3.98. The molecule has 0 saturated carbocycles. The molecular weight excluding hydrogens is 182 g/mol. The van der Waals surface area contributed by atoms with E-state index in [0.29, 0.717) is 5.69 Å². The van der Waals surface area contributed by atoms with Crippen molar-refractivity contribution in [3.05, 3.63) is 30.3 Å². The van der Waals surface area contributed by atoms with Gasteiger partial charge in [0.1, 0.15) is 11.1 Å². The van der Waals surface area contributed by atoms with Crippen molar-refractivity contribution in [1.82, 2.24) is 0 Å². The highest BCUT2D eigenvalue weighted by atomic mass is 32.1. The van der Waals surface area contributed by atoms with E-state index in [9.17, 15) is 0 Å². The summed E-state index contributed by atoms with van der Waals surface area (Å²) in [7, 11) is 0. The Morgan fingerprint density at radius 1 is 1.38 bits per heavy atom. The van der Waals surface area contributed by atoms with E-state index in [4.69, 9.17) is 11.0 Å². The maximum absolute atomic E-state index is 8.61. The standard InChI is InChI=1S/C9H7N3S/c10-6-8(9(11)13)12-7-4-2-1-3-5-7/h1-5H,(H2,11,13). The molecule has 2 N–H and O–H groups in total. The lowest BCUT2D eigenvalue weighted by molar-refractivity contribution is 1.50. The minimum Gasteiger partial charge on any atom is -0.388 e. The number of hydrogen-bond acceptors (Lipinski definition) is 3. The Morgan fingerprint density at radius 2 is 2.00 bits per heavy atom. The SMILES string of the molecule is N#CC(=Nc1ccccc1)C(N)=S. The summed E-state index contributed by atoms with van der Waals surface area (Å²) in [6.45, 7) is 0. The first kappa shape index (κ1) is 9.36. The quantitative estimate of drug-likeness (QED) is 0.567. The topological polar surface area (TPSA) is 62.2 Å². The zero-order valence-electron chi connectivity index (χ0n) is 6.77. The Bertz CT molecular complexity index is 376. The average molecular weight is 189 g/mol. The van der Waals surface area contributed by atoms with Gasteiger partial charge >= 0.3 is 0 Å². The molecule has 1 aromatic carbocycles. The smallest absolute Gasteiger partial charge is 0.175 e. The number of para-hydroxylation sites is 1. The van der Waals surface area contributed by atoms with Gasteiger partial charge < -0.3 is 5.73 Å². The van der Waals surface area contributed by atoms with E-state index in [2.05, 4.69) is 17.2 Å². The third-order valence-electron chi connectivity index (χ3n) is 1.34. The molecular formula is C9H7N3S. The molecule has 0 unspecified atom stereocenters. The van der Waals surface area contributed by atoms with Gasteiger partial charge in [0.25, 0.3) is 0 Å². The highest BCUT2D eigenvalue weighted by Gasteiger charge is 1.99. The van der Waals surface area contributed by atoms with E-state index in [1.54, 1.807) is 12.1 Å². The van der Waals surface area contributed by atoms with Gasteiger partial charge in [0, 0.05) is 0 Å². The second kappa shape index (κ2) is 4.33. The van der Waals surface area contributed by atoms with Crippen LogP contribution in [0.2, 0.25) is 0 Å². The van der Waals surface area contributed by atoms with Crippen molar-refractivity contribution in [2.75, 3.05) is 0 Å². The van der Waals surface area contributed by atoms with Gasteiger partial charge in [-0.25, -0.2) is 4.99 Å². The summed E-state index contributed by atoms with van der Waals surface area (Å²) >= 11 is 4.64. The van der Waals surface area contributed by atoms with Crippen LogP contribution >= 0.6 is 12.2 Å². The van der Waals surface area contributed by atoms with Gasteiger partial charge in [-0.05, 0) is 12.1 Å². The zero-order chi connectivity index (χ0) is 9.68. The first-order chi connectivity index (χ1) is 6.24. The van der Waals surface area contributed by atoms with Crippen LogP contribution in [0.1, 0.15) is 0 Å². The average Bonchev–Trinajstić information content (AvgIpc) is 2.15. The Balaban J connectivity index is 3.01. The van der Waals surface area contributed by atoms with Crippen molar-refractivity contribution in [2.24, 2.45) is 10.7 Å². The fourth-order valence-corrected chi connectivity index (χ4v) is 0.858. The van der Waals surface area contributed by atoms with Crippen LogP contribution in [-0.4, -0.2) is 10.7 Å². The Hall–Kier alpha value is -1.73. The van der Waals surface area contributed by atoms with E-state index in [1.165, 1.54) is 0 Å². The van der Waals surface area contributed by atoms with E-state index >= 15 is 0 Å². The monoisotopic (exact) mass is 189 g/mol. The van der Waals surface area contributed by atoms with Crippen LogP contribution in [0.15, 0.2) is 35.3 Å². The van der Waals surface area contributed by atoms with Crippen molar-refractivity contribution in [3.63, 3.8) is 0 Å². The molecule has 0 aliphatic heterocycles. The molecule has 0 heterocycles. The molecule has 3 nitrogen and oxygen atoms in total. The van der Waals surface area contributed by atoms with E-state index in [1.807, 2.05) is 24.3 Å². The fraction of sp³-hybridized carbons (Fsp3) is 0. The van der Waals surface area contributed by atoms with Crippen LogP contribution in [0, 0.1) is 11.3 Å². The molecule has 0 aliphatic rings. The molecule has 0 bridgehead atoms. The molecule has 0 fully saturated rings. The summed E-state index contributed by atoms with van der Waals surface area (Å²) < 4.78 is 0. The molecule has 4 heteroatoms. The van der Waals surface area contributed by atoms with Crippen LogP contribution in [0.5, 0.6) is 0 Å². The number of aliphatic imine (C=N–C) groups is 1. The zero-order valence-corrected chi connectivity index (χ0v) is 7.58. The molecule has 1 aromatic rings. The molecule has 0 spiro atoms. The summed E-state index contributed by atoms with van der Waals surface area (Å²) in [6, 6.07) is 10.9. The number of rotatable bonds is 2. The molecule has 13 heavy (non-hydrogen) atoms. The predicted molar refractivity (Wildman–Crippen MR) is 55.9 cm³/mol. The summed E-state index contributed by atoms with van der Waals surface area (Å²) in [6.07, 6.45) is 0. The fourth-order valence-electron chi connectivity index (χ4n) is 0.767. The van der Waals surface area contributed by atoms with Crippen LogP contribution in [0.25, 0.3) is 0 Å². The second-order valence-corrected chi connectivity index (χ2v) is 2.71. The molecule has 64 valence electrons. The number of benzene rings is 1. The van der Waals surface area contributed by atoms with Gasteiger partial charge in [-0.15, -0.1) is 0 Å². The Kier molecular flexibility index (Phi) is 3.12. The van der Waals surface area contributed by atoms with Gasteiger partial charge in [0.05, 0.1) is 5.69 Å². The van der Waals surface area contributed by atoms with Gasteiger partial charge in [-0.1, -0.05) is 30.4 Å². The third-order valence-corrected chi connectivity index (χ3v) is 1.53. The van der Waals surface area contributed by atoms with E-state index < -0.39 is 0 Å². The van der Waals surface area contributed by atoms with Gasteiger partial charge in [0.15, 0.2) is 5.71 Å². The summed E-state index contributed by atoms with van der Waals surface area (Å²) in [5.41, 5.74) is 6.03. The van der Waals surface area contributed by atoms with Crippen LogP contribution in [0.3, 0.4) is 0 Å². The summed E-state index contributed by atoms with van der Waals surface area (Å²) in [5, 5.41) is 8.61. The summed E-state index contributed by atoms with van der Waals surface area (Å²) in [5.74, 6) is 0. The Morgan fingerprint density at radius 3 is 2.46 bits per heavy atom. The lowest BCUT2D eigenvalue weighted by Crippen LogP contribution is -2.18. The number of nitrogens with two attached hydrogens (primary N) is 1. The van der Waals surface area contributed by atoms with Crippen LogP contribution < -0.4 is 5.73 Å². The molecule has 1 rings (SSSR count). The highest BCUT2D eigenvalue weighted by Crippen LogP contribution is 2.09. The molecule has 0 saturated heterocycles. The maximum atomic E-state index is 8.61. The van der Waals surface area contributed by atoms with E-state index in [0.717, 1.165) is 0 Å². The molecule has 0 aliphatic carbocycles.